The van der Waals surface area contributed by atoms with E-state index in [1.165, 1.54) is 6.26 Å². The smallest absolute Gasteiger partial charge is 0.175 e. The summed E-state index contributed by atoms with van der Waals surface area (Å²) in [4.78, 5) is 0.299. The fourth-order valence-corrected chi connectivity index (χ4v) is 3.52. The van der Waals surface area contributed by atoms with Gasteiger partial charge in [-0.1, -0.05) is 0 Å². The lowest BCUT2D eigenvalue weighted by Gasteiger charge is -2.23. The predicted molar refractivity (Wildman–Crippen MR) is 70.5 cm³/mol. The molecule has 1 unspecified atom stereocenters. The Hall–Kier alpha value is -1.07. The van der Waals surface area contributed by atoms with Gasteiger partial charge in [-0.15, -0.1) is 0 Å². The van der Waals surface area contributed by atoms with Crippen molar-refractivity contribution in [2.75, 3.05) is 6.26 Å². The summed E-state index contributed by atoms with van der Waals surface area (Å²) in [5.41, 5.74) is 6.94. The molecule has 0 saturated heterocycles. The molecule has 1 saturated carbocycles. The Bertz CT molecular complexity index is 586. The maximum absolute atomic E-state index is 11.9. The molecular formula is C13H19NO3S. The van der Waals surface area contributed by atoms with Gasteiger partial charge in [0.25, 0.3) is 0 Å². The summed E-state index contributed by atoms with van der Waals surface area (Å²) in [5.74, 6) is 0.129. The quantitative estimate of drug-likeness (QED) is 0.871. The van der Waals surface area contributed by atoms with Gasteiger partial charge in [0.1, 0.15) is 5.75 Å². The Morgan fingerprint density at radius 1 is 1.39 bits per heavy atom. The molecule has 1 fully saturated rings. The van der Waals surface area contributed by atoms with Crippen molar-refractivity contribution in [1.82, 2.24) is 0 Å². The Labute approximate surface area is 108 Å². The number of sulfone groups is 1. The lowest BCUT2D eigenvalue weighted by Crippen LogP contribution is -2.32. The summed E-state index contributed by atoms with van der Waals surface area (Å²) >= 11 is 0. The molecule has 0 amide bonds. The topological polar surface area (TPSA) is 80.4 Å². The first-order valence-corrected chi connectivity index (χ1v) is 7.87. The van der Waals surface area contributed by atoms with Crippen molar-refractivity contribution in [3.05, 3.63) is 23.3 Å². The number of benzene rings is 1. The van der Waals surface area contributed by atoms with E-state index in [1.807, 2.05) is 6.92 Å². The van der Waals surface area contributed by atoms with Crippen LogP contribution in [0.1, 0.15) is 30.9 Å². The molecule has 0 spiro atoms. The first-order valence-electron chi connectivity index (χ1n) is 5.98. The molecule has 1 aliphatic rings. The fourth-order valence-electron chi connectivity index (χ4n) is 2.47. The van der Waals surface area contributed by atoms with E-state index in [0.29, 0.717) is 16.0 Å². The van der Waals surface area contributed by atoms with Crippen LogP contribution in [0.25, 0.3) is 0 Å². The third-order valence-corrected chi connectivity index (χ3v) is 5.03. The summed E-state index contributed by atoms with van der Waals surface area (Å²) in [5, 5.41) is 9.83. The Morgan fingerprint density at radius 3 is 2.33 bits per heavy atom. The van der Waals surface area contributed by atoms with Crippen LogP contribution in [0.5, 0.6) is 5.75 Å². The van der Waals surface area contributed by atoms with Gasteiger partial charge < -0.3 is 10.8 Å². The van der Waals surface area contributed by atoms with E-state index in [0.717, 1.165) is 12.8 Å². The van der Waals surface area contributed by atoms with Crippen molar-refractivity contribution in [2.45, 2.75) is 43.0 Å². The van der Waals surface area contributed by atoms with Crippen LogP contribution in [0, 0.1) is 6.92 Å². The number of aryl methyl sites for hydroxylation is 1. The third-order valence-electron chi connectivity index (χ3n) is 3.89. The molecule has 2 rings (SSSR count). The zero-order valence-electron chi connectivity index (χ0n) is 10.9. The van der Waals surface area contributed by atoms with Crippen molar-refractivity contribution in [3.8, 4) is 5.75 Å². The van der Waals surface area contributed by atoms with Gasteiger partial charge in [-0.2, -0.15) is 0 Å². The van der Waals surface area contributed by atoms with Crippen LogP contribution in [0.4, 0.5) is 0 Å². The average molecular weight is 269 g/mol. The molecule has 5 heteroatoms. The van der Waals surface area contributed by atoms with E-state index in [-0.39, 0.29) is 17.2 Å². The van der Waals surface area contributed by atoms with Gasteiger partial charge in [0, 0.05) is 17.7 Å². The van der Waals surface area contributed by atoms with E-state index >= 15 is 0 Å². The number of nitrogens with two attached hydrogens (primary N) is 1. The highest BCUT2D eigenvalue weighted by Gasteiger charge is 2.49. The van der Waals surface area contributed by atoms with Gasteiger partial charge in [0.15, 0.2) is 9.84 Å². The van der Waals surface area contributed by atoms with E-state index in [1.54, 1.807) is 19.1 Å². The Balaban J connectivity index is 2.71. The molecule has 1 aromatic carbocycles. The highest BCUT2D eigenvalue weighted by atomic mass is 32.2. The molecule has 1 aliphatic carbocycles. The Kier molecular flexibility index (Phi) is 2.94. The number of rotatable bonds is 3. The maximum atomic E-state index is 11.9. The van der Waals surface area contributed by atoms with Crippen molar-refractivity contribution >= 4 is 9.84 Å². The molecule has 0 aromatic heterocycles. The van der Waals surface area contributed by atoms with Gasteiger partial charge in [0.05, 0.1) is 4.90 Å². The molecule has 1 atom stereocenters. The summed E-state index contributed by atoms with van der Waals surface area (Å²) in [6, 6.07) is 2.99. The molecule has 0 bridgehead atoms. The minimum absolute atomic E-state index is 0.125. The normalized spacial score (nSPS) is 19.6. The molecule has 0 radical (unpaired) electrons. The second-order valence-corrected chi connectivity index (χ2v) is 7.34. The van der Waals surface area contributed by atoms with Crippen molar-refractivity contribution in [3.63, 3.8) is 0 Å². The second-order valence-electron chi connectivity index (χ2n) is 5.35. The number of phenolic OH excluding ortho intramolecular Hbond substituents is 1. The molecule has 4 nitrogen and oxygen atoms in total. The minimum Gasteiger partial charge on any atom is -0.508 e. The second kappa shape index (κ2) is 3.96. The third kappa shape index (κ3) is 2.01. The van der Waals surface area contributed by atoms with Gasteiger partial charge in [0.2, 0.25) is 0 Å². The van der Waals surface area contributed by atoms with Crippen LogP contribution in [0.2, 0.25) is 0 Å². The first kappa shape index (κ1) is 13.4. The highest BCUT2D eigenvalue weighted by molar-refractivity contribution is 7.90. The van der Waals surface area contributed by atoms with Crippen LogP contribution in [-0.2, 0) is 15.3 Å². The SMILES string of the molecule is Cc1cc(S(C)(=O)=O)c(C2(C(C)N)CC2)cc1O. The zero-order chi connectivity index (χ0) is 13.7. The summed E-state index contributed by atoms with van der Waals surface area (Å²) in [6.07, 6.45) is 2.94. The largest absolute Gasteiger partial charge is 0.508 e. The molecule has 100 valence electrons. The van der Waals surface area contributed by atoms with Gasteiger partial charge >= 0.3 is 0 Å². The standard InChI is InChI=1S/C13H19NO3S/c1-8-6-12(18(3,16)17)10(7-11(8)15)13(4-5-13)9(2)14/h6-7,9,15H,4-5,14H2,1-3H3. The number of hydrogen-bond acceptors (Lipinski definition) is 4. The number of aromatic hydroxyl groups is 1. The van der Waals surface area contributed by atoms with Gasteiger partial charge in [-0.3, -0.25) is 0 Å². The van der Waals surface area contributed by atoms with E-state index < -0.39 is 9.84 Å². The molecule has 1 aromatic rings. The lowest BCUT2D eigenvalue weighted by molar-refractivity contribution is 0.464. The van der Waals surface area contributed by atoms with Crippen LogP contribution in [-0.4, -0.2) is 25.8 Å². The van der Waals surface area contributed by atoms with E-state index in [4.69, 9.17) is 5.73 Å². The Morgan fingerprint density at radius 2 is 1.94 bits per heavy atom. The monoisotopic (exact) mass is 269 g/mol. The van der Waals surface area contributed by atoms with Gasteiger partial charge in [-0.25, -0.2) is 8.42 Å². The van der Waals surface area contributed by atoms with Crippen LogP contribution in [0.15, 0.2) is 17.0 Å². The average Bonchev–Trinajstić information content (AvgIpc) is 3.00. The van der Waals surface area contributed by atoms with Crippen molar-refractivity contribution in [1.29, 1.82) is 0 Å². The molecule has 3 N–H and O–H groups in total. The highest BCUT2D eigenvalue weighted by Crippen LogP contribution is 2.53. The lowest BCUT2D eigenvalue weighted by atomic mass is 9.88. The molecule has 0 heterocycles. The summed E-state index contributed by atoms with van der Waals surface area (Å²) in [7, 11) is -3.32. The summed E-state index contributed by atoms with van der Waals surface area (Å²) < 4.78 is 23.8. The molecule has 0 aliphatic heterocycles. The molecule has 18 heavy (non-hydrogen) atoms. The number of phenols is 1. The summed E-state index contributed by atoms with van der Waals surface area (Å²) in [6.45, 7) is 3.58. The van der Waals surface area contributed by atoms with Crippen LogP contribution < -0.4 is 5.73 Å². The first-order chi connectivity index (χ1) is 8.18. The van der Waals surface area contributed by atoms with E-state index in [9.17, 15) is 13.5 Å². The van der Waals surface area contributed by atoms with Crippen LogP contribution >= 0.6 is 0 Å². The molecular weight excluding hydrogens is 250 g/mol. The van der Waals surface area contributed by atoms with Crippen molar-refractivity contribution < 1.29 is 13.5 Å². The zero-order valence-corrected chi connectivity index (χ0v) is 11.7. The predicted octanol–water partition coefficient (Wildman–Crippen LogP) is 1.48. The van der Waals surface area contributed by atoms with Crippen LogP contribution in [0.3, 0.4) is 0 Å². The van der Waals surface area contributed by atoms with Crippen molar-refractivity contribution in [2.24, 2.45) is 5.73 Å². The van der Waals surface area contributed by atoms with E-state index in [2.05, 4.69) is 0 Å². The van der Waals surface area contributed by atoms with Gasteiger partial charge in [-0.05, 0) is 49.9 Å². The fraction of sp³-hybridized carbons (Fsp3) is 0.538. The minimum atomic E-state index is -3.32. The number of hydrogen-bond donors (Lipinski definition) is 2. The maximum Gasteiger partial charge on any atom is 0.175 e.